The van der Waals surface area contributed by atoms with Gasteiger partial charge in [-0.05, 0) is 36.6 Å². The molecule has 3 nitrogen and oxygen atoms in total. The van der Waals surface area contributed by atoms with E-state index in [9.17, 15) is 4.79 Å². The van der Waals surface area contributed by atoms with Crippen molar-refractivity contribution in [2.24, 2.45) is 5.73 Å². The molecule has 0 saturated carbocycles. The first kappa shape index (κ1) is 15.3. The Morgan fingerprint density at radius 2 is 1.67 bits per heavy atom. The van der Waals surface area contributed by atoms with Crippen molar-refractivity contribution >= 4 is 11.6 Å². The number of carbonyl (C=O) groups is 1. The first-order valence-electron chi connectivity index (χ1n) is 7.33. The number of carbonyl (C=O) groups excluding carboxylic acids is 1. The number of rotatable bonds is 5. The second kappa shape index (κ2) is 7.04. The van der Waals surface area contributed by atoms with Gasteiger partial charge in [0.15, 0.2) is 0 Å². The van der Waals surface area contributed by atoms with E-state index in [1.165, 1.54) is 0 Å². The Kier molecular flexibility index (Phi) is 5.12. The van der Waals surface area contributed by atoms with Gasteiger partial charge in [-0.2, -0.15) is 0 Å². The van der Waals surface area contributed by atoms with Gasteiger partial charge in [0.1, 0.15) is 0 Å². The van der Waals surface area contributed by atoms with E-state index in [2.05, 4.69) is 5.32 Å². The molecule has 2 aromatic rings. The van der Waals surface area contributed by atoms with Gasteiger partial charge in [0, 0.05) is 11.7 Å². The molecule has 1 amide bonds. The van der Waals surface area contributed by atoms with E-state index in [-0.39, 0.29) is 17.9 Å². The Morgan fingerprint density at radius 3 is 2.19 bits per heavy atom. The zero-order chi connectivity index (χ0) is 15.2. The standard InChI is InChI=1S/C18H22N2O/c1-3-17(15-7-5-4-6-8-15)18(21)20-16-11-9-14(10-12-16)13(2)19/h4-13,17H,3,19H2,1-2H3,(H,20,21). The largest absolute Gasteiger partial charge is 0.326 e. The summed E-state index contributed by atoms with van der Waals surface area (Å²) < 4.78 is 0. The van der Waals surface area contributed by atoms with E-state index in [4.69, 9.17) is 5.73 Å². The Morgan fingerprint density at radius 1 is 1.05 bits per heavy atom. The number of nitrogens with one attached hydrogen (secondary N) is 1. The van der Waals surface area contributed by atoms with E-state index in [0.717, 1.165) is 23.2 Å². The minimum absolute atomic E-state index is 0.00228. The van der Waals surface area contributed by atoms with Crippen molar-refractivity contribution < 1.29 is 4.79 Å². The summed E-state index contributed by atoms with van der Waals surface area (Å²) in [6.07, 6.45) is 0.772. The van der Waals surface area contributed by atoms with Gasteiger partial charge in [-0.15, -0.1) is 0 Å². The van der Waals surface area contributed by atoms with Gasteiger partial charge in [0.05, 0.1) is 5.92 Å². The van der Waals surface area contributed by atoms with Crippen LogP contribution in [-0.4, -0.2) is 5.91 Å². The molecule has 0 fully saturated rings. The maximum Gasteiger partial charge on any atom is 0.231 e. The van der Waals surface area contributed by atoms with Crippen LogP contribution in [0.4, 0.5) is 5.69 Å². The quantitative estimate of drug-likeness (QED) is 0.875. The van der Waals surface area contributed by atoms with Crippen molar-refractivity contribution in [3.05, 3.63) is 65.7 Å². The third kappa shape index (κ3) is 3.92. The molecular weight excluding hydrogens is 260 g/mol. The monoisotopic (exact) mass is 282 g/mol. The molecule has 0 aliphatic rings. The molecule has 0 aliphatic carbocycles. The molecule has 0 radical (unpaired) electrons. The number of benzene rings is 2. The summed E-state index contributed by atoms with van der Waals surface area (Å²) in [4.78, 5) is 12.4. The predicted octanol–water partition coefficient (Wildman–Crippen LogP) is 3.84. The predicted molar refractivity (Wildman–Crippen MR) is 87.1 cm³/mol. The highest BCUT2D eigenvalue weighted by atomic mass is 16.1. The van der Waals surface area contributed by atoms with Crippen LogP contribution in [0.25, 0.3) is 0 Å². The molecule has 0 bridgehead atoms. The van der Waals surface area contributed by atoms with Gasteiger partial charge in [-0.25, -0.2) is 0 Å². The SMILES string of the molecule is CCC(C(=O)Nc1ccc(C(C)N)cc1)c1ccccc1. The molecular formula is C18H22N2O. The van der Waals surface area contributed by atoms with Crippen LogP contribution in [0.15, 0.2) is 54.6 Å². The third-order valence-electron chi connectivity index (χ3n) is 3.63. The van der Waals surface area contributed by atoms with E-state index < -0.39 is 0 Å². The molecule has 2 unspecified atom stereocenters. The zero-order valence-electron chi connectivity index (χ0n) is 12.5. The Hall–Kier alpha value is -2.13. The van der Waals surface area contributed by atoms with Gasteiger partial charge >= 0.3 is 0 Å². The molecule has 2 atom stereocenters. The fourth-order valence-electron chi connectivity index (χ4n) is 2.36. The van der Waals surface area contributed by atoms with Crippen molar-refractivity contribution in [3.63, 3.8) is 0 Å². The van der Waals surface area contributed by atoms with Crippen molar-refractivity contribution in [2.45, 2.75) is 32.2 Å². The Balaban J connectivity index is 2.09. The minimum Gasteiger partial charge on any atom is -0.326 e. The fourth-order valence-corrected chi connectivity index (χ4v) is 2.36. The number of hydrogen-bond donors (Lipinski definition) is 2. The molecule has 0 saturated heterocycles. The van der Waals surface area contributed by atoms with Gasteiger partial charge in [-0.1, -0.05) is 49.4 Å². The second-order valence-corrected chi connectivity index (χ2v) is 5.27. The normalized spacial score (nSPS) is 13.5. The molecule has 0 heterocycles. The highest BCUT2D eigenvalue weighted by Crippen LogP contribution is 2.22. The number of hydrogen-bond acceptors (Lipinski definition) is 2. The molecule has 0 spiro atoms. The maximum atomic E-state index is 12.4. The molecule has 0 aromatic heterocycles. The number of amides is 1. The Labute approximate surface area is 126 Å². The lowest BCUT2D eigenvalue weighted by Crippen LogP contribution is -2.20. The molecule has 0 aliphatic heterocycles. The van der Waals surface area contributed by atoms with Crippen LogP contribution in [0.2, 0.25) is 0 Å². The summed E-state index contributed by atoms with van der Waals surface area (Å²) in [6, 6.07) is 17.6. The lowest BCUT2D eigenvalue weighted by atomic mass is 9.95. The van der Waals surface area contributed by atoms with Crippen LogP contribution in [0.5, 0.6) is 0 Å². The average Bonchev–Trinajstić information content (AvgIpc) is 2.49. The zero-order valence-corrected chi connectivity index (χ0v) is 12.5. The maximum absolute atomic E-state index is 12.4. The summed E-state index contributed by atoms with van der Waals surface area (Å²) in [6.45, 7) is 3.96. The highest BCUT2D eigenvalue weighted by molar-refractivity contribution is 5.95. The summed E-state index contributed by atoms with van der Waals surface area (Å²) >= 11 is 0. The van der Waals surface area contributed by atoms with Crippen LogP contribution < -0.4 is 11.1 Å². The summed E-state index contributed by atoms with van der Waals surface area (Å²) in [5.74, 6) is -0.100. The molecule has 110 valence electrons. The van der Waals surface area contributed by atoms with Crippen molar-refractivity contribution in [2.75, 3.05) is 5.32 Å². The summed E-state index contributed by atoms with van der Waals surface area (Å²) in [5, 5.41) is 2.98. The molecule has 3 heteroatoms. The van der Waals surface area contributed by atoms with Crippen LogP contribution in [0, 0.1) is 0 Å². The fraction of sp³-hybridized carbons (Fsp3) is 0.278. The first-order valence-corrected chi connectivity index (χ1v) is 7.33. The highest BCUT2D eigenvalue weighted by Gasteiger charge is 2.18. The van der Waals surface area contributed by atoms with E-state index >= 15 is 0 Å². The summed E-state index contributed by atoms with van der Waals surface area (Å²) in [7, 11) is 0. The van der Waals surface area contributed by atoms with E-state index in [1.54, 1.807) is 0 Å². The third-order valence-corrected chi connectivity index (χ3v) is 3.63. The molecule has 3 N–H and O–H groups in total. The lowest BCUT2D eigenvalue weighted by molar-refractivity contribution is -0.117. The van der Waals surface area contributed by atoms with Gasteiger partial charge < -0.3 is 11.1 Å². The van der Waals surface area contributed by atoms with Crippen molar-refractivity contribution in [1.29, 1.82) is 0 Å². The first-order chi connectivity index (χ1) is 10.1. The Bertz CT molecular complexity index is 576. The van der Waals surface area contributed by atoms with Crippen molar-refractivity contribution in [1.82, 2.24) is 0 Å². The number of nitrogens with two attached hydrogens (primary N) is 1. The average molecular weight is 282 g/mol. The van der Waals surface area contributed by atoms with Gasteiger partial charge in [-0.3, -0.25) is 4.79 Å². The van der Waals surface area contributed by atoms with Gasteiger partial charge in [0.25, 0.3) is 0 Å². The lowest BCUT2D eigenvalue weighted by Gasteiger charge is -2.16. The van der Waals surface area contributed by atoms with E-state index in [0.29, 0.717) is 0 Å². The van der Waals surface area contributed by atoms with Gasteiger partial charge in [0.2, 0.25) is 5.91 Å². The topological polar surface area (TPSA) is 55.1 Å². The molecule has 2 aromatic carbocycles. The van der Waals surface area contributed by atoms with Crippen LogP contribution in [0.3, 0.4) is 0 Å². The summed E-state index contributed by atoms with van der Waals surface area (Å²) in [5.41, 5.74) is 8.73. The van der Waals surface area contributed by atoms with E-state index in [1.807, 2.05) is 68.4 Å². The van der Waals surface area contributed by atoms with Crippen LogP contribution >= 0.6 is 0 Å². The van der Waals surface area contributed by atoms with Crippen LogP contribution in [-0.2, 0) is 4.79 Å². The minimum atomic E-state index is -0.126. The molecule has 21 heavy (non-hydrogen) atoms. The smallest absolute Gasteiger partial charge is 0.231 e. The number of anilines is 1. The van der Waals surface area contributed by atoms with Crippen LogP contribution in [0.1, 0.15) is 43.4 Å². The van der Waals surface area contributed by atoms with Crippen molar-refractivity contribution in [3.8, 4) is 0 Å². The second-order valence-electron chi connectivity index (χ2n) is 5.27. The molecule has 2 rings (SSSR count).